The molecule has 3 nitrogen and oxygen atoms in total. The Bertz CT molecular complexity index is 1140. The van der Waals surface area contributed by atoms with Crippen LogP contribution >= 0.6 is 12.2 Å². The highest BCUT2D eigenvalue weighted by Gasteiger charge is 2.15. The van der Waals surface area contributed by atoms with Crippen molar-refractivity contribution in [2.24, 2.45) is 0 Å². The van der Waals surface area contributed by atoms with Crippen LogP contribution in [0.3, 0.4) is 0 Å². The molecule has 0 aliphatic heterocycles. The summed E-state index contributed by atoms with van der Waals surface area (Å²) >= 11 is 5.29. The van der Waals surface area contributed by atoms with Crippen LogP contribution < -0.4 is 9.47 Å². The van der Waals surface area contributed by atoms with Crippen molar-refractivity contribution in [3.05, 3.63) is 100 Å². The van der Waals surface area contributed by atoms with Crippen LogP contribution in [0, 0.1) is 11.6 Å². The molecule has 0 atom stereocenters. The summed E-state index contributed by atoms with van der Waals surface area (Å²) in [6, 6.07) is 25.8. The SMILES string of the molecule is Cc1cc(=S)oc2c(OCc3ccccc3)c(OCc3ccccc3)ccc12. The number of ether oxygens (including phenoxy) is 2. The van der Waals surface area contributed by atoms with E-state index < -0.39 is 0 Å². The molecule has 4 aromatic rings. The molecule has 0 aliphatic carbocycles. The van der Waals surface area contributed by atoms with Gasteiger partial charge in [0.1, 0.15) is 13.2 Å². The van der Waals surface area contributed by atoms with Gasteiger partial charge >= 0.3 is 0 Å². The molecule has 0 bridgehead atoms. The Morgan fingerprint density at radius 1 is 0.786 bits per heavy atom. The molecule has 0 radical (unpaired) electrons. The molecule has 0 aliphatic rings. The Labute approximate surface area is 169 Å². The van der Waals surface area contributed by atoms with Gasteiger partial charge in [0.15, 0.2) is 16.0 Å². The second-order valence-corrected chi connectivity index (χ2v) is 6.97. The van der Waals surface area contributed by atoms with Crippen molar-refractivity contribution in [2.75, 3.05) is 0 Å². The van der Waals surface area contributed by atoms with Crippen molar-refractivity contribution >= 4 is 23.2 Å². The molecule has 0 unspecified atom stereocenters. The van der Waals surface area contributed by atoms with Gasteiger partial charge in [0.05, 0.1) is 0 Å². The van der Waals surface area contributed by atoms with Crippen LogP contribution in [0.5, 0.6) is 11.5 Å². The zero-order valence-corrected chi connectivity index (χ0v) is 16.4. The summed E-state index contributed by atoms with van der Waals surface area (Å²) in [6.07, 6.45) is 0. The van der Waals surface area contributed by atoms with E-state index in [1.54, 1.807) is 0 Å². The smallest absolute Gasteiger partial charge is 0.205 e. The van der Waals surface area contributed by atoms with Crippen molar-refractivity contribution < 1.29 is 13.9 Å². The summed E-state index contributed by atoms with van der Waals surface area (Å²) < 4.78 is 18.5. The van der Waals surface area contributed by atoms with E-state index in [-0.39, 0.29) is 0 Å². The lowest BCUT2D eigenvalue weighted by atomic mass is 10.1. The molecule has 0 spiro atoms. The standard InChI is InChI=1S/C24H20O3S/c1-17-14-22(28)27-23-20(17)12-13-21(25-15-18-8-4-2-5-9-18)24(23)26-16-19-10-6-3-7-11-19/h2-14H,15-16H2,1H3. The third-order valence-electron chi connectivity index (χ3n) is 4.50. The maximum atomic E-state index is 6.17. The topological polar surface area (TPSA) is 31.6 Å². The minimum Gasteiger partial charge on any atom is -0.485 e. The van der Waals surface area contributed by atoms with Gasteiger partial charge in [0.2, 0.25) is 5.75 Å². The number of aryl methyl sites for hydroxylation is 1. The Hall–Kier alpha value is -3.11. The maximum absolute atomic E-state index is 6.17. The molecule has 0 saturated carbocycles. The minimum absolute atomic E-state index is 0.415. The third-order valence-corrected chi connectivity index (χ3v) is 4.70. The summed E-state index contributed by atoms with van der Waals surface area (Å²) in [5.74, 6) is 1.21. The largest absolute Gasteiger partial charge is 0.485 e. The molecule has 0 amide bonds. The fraction of sp³-hybridized carbons (Fsp3) is 0.125. The molecule has 28 heavy (non-hydrogen) atoms. The quantitative estimate of drug-likeness (QED) is 0.347. The van der Waals surface area contributed by atoms with E-state index in [0.717, 1.165) is 22.1 Å². The summed E-state index contributed by atoms with van der Waals surface area (Å²) in [7, 11) is 0. The first-order valence-corrected chi connectivity index (χ1v) is 9.52. The van der Waals surface area contributed by atoms with Gasteiger partial charge in [-0.3, -0.25) is 0 Å². The monoisotopic (exact) mass is 388 g/mol. The van der Waals surface area contributed by atoms with Gasteiger partial charge in [-0.05, 0) is 54.0 Å². The fourth-order valence-corrected chi connectivity index (χ4v) is 3.32. The molecule has 4 heteroatoms. The first-order chi connectivity index (χ1) is 13.7. The highest BCUT2D eigenvalue weighted by Crippen LogP contribution is 2.38. The lowest BCUT2D eigenvalue weighted by Crippen LogP contribution is -2.01. The van der Waals surface area contributed by atoms with Crippen LogP contribution in [-0.4, -0.2) is 0 Å². The van der Waals surface area contributed by atoms with E-state index in [9.17, 15) is 0 Å². The van der Waals surface area contributed by atoms with E-state index in [4.69, 9.17) is 26.1 Å². The minimum atomic E-state index is 0.415. The van der Waals surface area contributed by atoms with E-state index in [0.29, 0.717) is 35.0 Å². The van der Waals surface area contributed by atoms with Gasteiger partial charge in [0.25, 0.3) is 0 Å². The third kappa shape index (κ3) is 4.07. The summed E-state index contributed by atoms with van der Waals surface area (Å²) in [5, 5.41) is 0.962. The van der Waals surface area contributed by atoms with Crippen molar-refractivity contribution in [3.63, 3.8) is 0 Å². The van der Waals surface area contributed by atoms with E-state index >= 15 is 0 Å². The highest BCUT2D eigenvalue weighted by atomic mass is 32.1. The summed E-state index contributed by atoms with van der Waals surface area (Å²) in [6.45, 7) is 2.87. The molecule has 0 saturated heterocycles. The van der Waals surface area contributed by atoms with E-state index in [1.807, 2.05) is 85.8 Å². The molecule has 4 rings (SSSR count). The first-order valence-electron chi connectivity index (χ1n) is 9.11. The van der Waals surface area contributed by atoms with E-state index in [2.05, 4.69) is 0 Å². The second kappa shape index (κ2) is 8.28. The second-order valence-electron chi connectivity index (χ2n) is 6.57. The number of hydrogen-bond acceptors (Lipinski definition) is 4. The number of fused-ring (bicyclic) bond motifs is 1. The van der Waals surface area contributed by atoms with E-state index in [1.165, 1.54) is 0 Å². The fourth-order valence-electron chi connectivity index (χ4n) is 3.06. The molecule has 140 valence electrons. The molecule has 0 N–H and O–H groups in total. The van der Waals surface area contributed by atoms with Gasteiger partial charge in [-0.1, -0.05) is 60.7 Å². The average Bonchev–Trinajstić information content (AvgIpc) is 2.72. The van der Waals surface area contributed by atoms with Crippen LogP contribution in [0.4, 0.5) is 0 Å². The van der Waals surface area contributed by atoms with Crippen LogP contribution in [-0.2, 0) is 13.2 Å². The number of rotatable bonds is 6. The molecule has 1 heterocycles. The predicted octanol–water partition coefficient (Wildman–Crippen LogP) is 6.63. The molecule has 1 aromatic heterocycles. The van der Waals surface area contributed by atoms with Crippen LogP contribution in [0.2, 0.25) is 0 Å². The predicted molar refractivity (Wildman–Crippen MR) is 113 cm³/mol. The van der Waals surface area contributed by atoms with Crippen LogP contribution in [0.1, 0.15) is 16.7 Å². The highest BCUT2D eigenvalue weighted by molar-refractivity contribution is 7.71. The maximum Gasteiger partial charge on any atom is 0.205 e. The lowest BCUT2D eigenvalue weighted by Gasteiger charge is -2.15. The van der Waals surface area contributed by atoms with Gasteiger partial charge in [0, 0.05) is 5.39 Å². The lowest BCUT2D eigenvalue weighted by molar-refractivity contribution is 0.255. The van der Waals surface area contributed by atoms with Gasteiger partial charge in [-0.15, -0.1) is 0 Å². The zero-order valence-electron chi connectivity index (χ0n) is 15.6. The summed E-state index contributed by atoms with van der Waals surface area (Å²) in [4.78, 5) is 0. The van der Waals surface area contributed by atoms with Gasteiger partial charge in [-0.25, -0.2) is 0 Å². The average molecular weight is 388 g/mol. The van der Waals surface area contributed by atoms with Crippen LogP contribution in [0.25, 0.3) is 11.0 Å². The van der Waals surface area contributed by atoms with Gasteiger partial charge in [-0.2, -0.15) is 0 Å². The van der Waals surface area contributed by atoms with Crippen molar-refractivity contribution in [1.29, 1.82) is 0 Å². The Kier molecular flexibility index (Phi) is 5.40. The van der Waals surface area contributed by atoms with Crippen molar-refractivity contribution in [2.45, 2.75) is 20.1 Å². The number of benzene rings is 3. The van der Waals surface area contributed by atoms with Gasteiger partial charge < -0.3 is 13.9 Å². The normalized spacial score (nSPS) is 10.8. The van der Waals surface area contributed by atoms with Crippen LogP contribution in [0.15, 0.2) is 83.3 Å². The Morgan fingerprint density at radius 3 is 2.04 bits per heavy atom. The zero-order chi connectivity index (χ0) is 19.3. The summed E-state index contributed by atoms with van der Waals surface area (Å²) in [5.41, 5.74) is 3.82. The number of hydrogen-bond donors (Lipinski definition) is 0. The Balaban J connectivity index is 1.71. The molecular formula is C24H20O3S. The molecule has 3 aromatic carbocycles. The molecular weight excluding hydrogens is 368 g/mol. The van der Waals surface area contributed by atoms with Crippen molar-refractivity contribution in [3.8, 4) is 11.5 Å². The first kappa shape index (κ1) is 18.3. The molecule has 0 fully saturated rings. The Morgan fingerprint density at radius 2 is 1.39 bits per heavy atom. The van der Waals surface area contributed by atoms with Crippen molar-refractivity contribution in [1.82, 2.24) is 0 Å².